The number of carboxylic acids is 1. The van der Waals surface area contributed by atoms with Crippen LogP contribution >= 0.6 is 15.9 Å². The summed E-state index contributed by atoms with van der Waals surface area (Å²) in [5, 5.41) is 12.7. The molecule has 2 N–H and O–H groups in total. The highest BCUT2D eigenvalue weighted by Crippen LogP contribution is 2.26. The van der Waals surface area contributed by atoms with Gasteiger partial charge in [0.1, 0.15) is 0 Å². The maximum atomic E-state index is 13.1. The summed E-state index contributed by atoms with van der Waals surface area (Å²) in [4.78, 5) is 28.9. The minimum absolute atomic E-state index is 0.109. The van der Waals surface area contributed by atoms with Crippen molar-refractivity contribution >= 4 is 44.4 Å². The second kappa shape index (κ2) is 7.85. The minimum atomic E-state index is -1.05. The van der Waals surface area contributed by atoms with Crippen LogP contribution in [-0.2, 0) is 0 Å². The Hall–Kier alpha value is -3.51. The van der Waals surface area contributed by atoms with Crippen molar-refractivity contribution < 1.29 is 14.7 Å². The lowest BCUT2D eigenvalue weighted by Crippen LogP contribution is -2.13. The summed E-state index contributed by atoms with van der Waals surface area (Å²) in [5.41, 5.74) is 3.27. The number of rotatable bonds is 4. The van der Waals surface area contributed by atoms with Crippen molar-refractivity contribution in [1.82, 2.24) is 4.98 Å². The van der Waals surface area contributed by atoms with E-state index in [-0.39, 0.29) is 11.5 Å². The van der Waals surface area contributed by atoms with Gasteiger partial charge in [-0.15, -0.1) is 0 Å². The van der Waals surface area contributed by atoms with Crippen LogP contribution in [0.1, 0.15) is 20.7 Å². The molecule has 0 aliphatic carbocycles. The summed E-state index contributed by atoms with van der Waals surface area (Å²) < 4.78 is 0.957. The van der Waals surface area contributed by atoms with Crippen LogP contribution in [-0.4, -0.2) is 22.0 Å². The largest absolute Gasteiger partial charge is 0.478 e. The number of anilines is 1. The molecule has 0 saturated carbocycles. The molecule has 1 aromatic heterocycles. The Morgan fingerprint density at radius 2 is 1.66 bits per heavy atom. The molecule has 0 saturated heterocycles. The van der Waals surface area contributed by atoms with Crippen LogP contribution in [0.5, 0.6) is 0 Å². The molecule has 0 aliphatic rings. The van der Waals surface area contributed by atoms with E-state index in [1.807, 2.05) is 48.5 Å². The van der Waals surface area contributed by atoms with E-state index < -0.39 is 5.97 Å². The Labute approximate surface area is 175 Å². The van der Waals surface area contributed by atoms with Crippen LogP contribution in [0, 0.1) is 0 Å². The number of hydrogen-bond donors (Lipinski definition) is 2. The zero-order valence-corrected chi connectivity index (χ0v) is 16.7. The number of halogens is 1. The Kier molecular flexibility index (Phi) is 5.10. The van der Waals surface area contributed by atoms with E-state index in [2.05, 4.69) is 26.2 Å². The van der Waals surface area contributed by atoms with Crippen molar-refractivity contribution in [3.05, 3.63) is 94.5 Å². The third-order valence-electron chi connectivity index (χ3n) is 4.47. The number of aromatic carboxylic acids is 1. The number of nitrogens with zero attached hydrogens (tertiary/aromatic N) is 1. The molecule has 1 amide bonds. The van der Waals surface area contributed by atoms with E-state index >= 15 is 0 Å². The van der Waals surface area contributed by atoms with Crippen LogP contribution < -0.4 is 5.32 Å². The van der Waals surface area contributed by atoms with Crippen molar-refractivity contribution in [2.75, 3.05) is 5.32 Å². The van der Waals surface area contributed by atoms with Gasteiger partial charge in [-0.3, -0.25) is 4.79 Å². The second-order valence-corrected chi connectivity index (χ2v) is 7.33. The van der Waals surface area contributed by atoms with E-state index in [0.717, 1.165) is 15.4 Å². The number of nitrogens with one attached hydrogen (secondary N) is 1. The molecule has 0 atom stereocenters. The Bertz CT molecular complexity index is 1240. The summed E-state index contributed by atoms with van der Waals surface area (Å²) in [6.45, 7) is 0. The first-order valence-corrected chi connectivity index (χ1v) is 9.61. The van der Waals surface area contributed by atoms with Gasteiger partial charge in [0.15, 0.2) is 0 Å². The lowest BCUT2D eigenvalue weighted by Gasteiger charge is -2.11. The number of hydrogen-bond acceptors (Lipinski definition) is 3. The Morgan fingerprint density at radius 3 is 2.41 bits per heavy atom. The summed E-state index contributed by atoms with van der Waals surface area (Å²) in [7, 11) is 0. The monoisotopic (exact) mass is 446 g/mol. The van der Waals surface area contributed by atoms with Gasteiger partial charge in [0.25, 0.3) is 5.91 Å². The van der Waals surface area contributed by atoms with E-state index in [1.54, 1.807) is 18.2 Å². The van der Waals surface area contributed by atoms with Crippen LogP contribution in [0.25, 0.3) is 22.2 Å². The van der Waals surface area contributed by atoms with Gasteiger partial charge in [0.2, 0.25) is 0 Å². The first kappa shape index (κ1) is 18.8. The van der Waals surface area contributed by atoms with Crippen molar-refractivity contribution in [3.8, 4) is 11.3 Å². The normalized spacial score (nSPS) is 10.7. The maximum absolute atomic E-state index is 13.1. The average Bonchev–Trinajstić information content (AvgIpc) is 2.73. The summed E-state index contributed by atoms with van der Waals surface area (Å²) in [5.74, 6) is -1.38. The molecule has 4 aromatic rings. The van der Waals surface area contributed by atoms with Gasteiger partial charge in [-0.25, -0.2) is 9.78 Å². The standard InChI is InChI=1S/C23H15BrN2O3/c24-16-10-8-14(9-11-16)21-13-19(18-6-1-2-7-20(18)26-21)22(27)25-17-5-3-4-15(12-17)23(28)29/h1-13H,(H,25,27)(H,28,29). The summed E-state index contributed by atoms with van der Waals surface area (Å²) >= 11 is 3.42. The Balaban J connectivity index is 1.77. The molecule has 0 unspecified atom stereocenters. The Morgan fingerprint density at radius 1 is 0.897 bits per heavy atom. The molecule has 0 fully saturated rings. The number of pyridine rings is 1. The van der Waals surface area contributed by atoms with Gasteiger partial charge in [0.05, 0.1) is 22.3 Å². The van der Waals surface area contributed by atoms with Gasteiger partial charge >= 0.3 is 5.97 Å². The zero-order valence-electron chi connectivity index (χ0n) is 15.1. The van der Waals surface area contributed by atoms with Gasteiger partial charge in [-0.2, -0.15) is 0 Å². The van der Waals surface area contributed by atoms with E-state index in [9.17, 15) is 9.59 Å². The molecule has 6 heteroatoms. The molecule has 0 radical (unpaired) electrons. The molecule has 3 aromatic carbocycles. The lowest BCUT2D eigenvalue weighted by molar-refractivity contribution is 0.0696. The van der Waals surface area contributed by atoms with Gasteiger partial charge in [-0.1, -0.05) is 52.3 Å². The molecule has 142 valence electrons. The molecular weight excluding hydrogens is 432 g/mol. The van der Waals surface area contributed by atoms with Crippen molar-refractivity contribution in [2.24, 2.45) is 0 Å². The molecule has 29 heavy (non-hydrogen) atoms. The van der Waals surface area contributed by atoms with Gasteiger partial charge in [-0.05, 0) is 42.5 Å². The fraction of sp³-hybridized carbons (Fsp3) is 0. The fourth-order valence-electron chi connectivity index (χ4n) is 3.06. The van der Waals surface area contributed by atoms with E-state index in [1.165, 1.54) is 12.1 Å². The first-order chi connectivity index (χ1) is 14.0. The van der Waals surface area contributed by atoms with Crippen molar-refractivity contribution in [2.45, 2.75) is 0 Å². The smallest absolute Gasteiger partial charge is 0.335 e. The average molecular weight is 447 g/mol. The number of benzene rings is 3. The minimum Gasteiger partial charge on any atom is -0.478 e. The third kappa shape index (κ3) is 4.02. The number of carbonyl (C=O) groups excluding carboxylic acids is 1. The predicted molar refractivity (Wildman–Crippen MR) is 116 cm³/mol. The van der Waals surface area contributed by atoms with Crippen molar-refractivity contribution in [3.63, 3.8) is 0 Å². The highest BCUT2D eigenvalue weighted by molar-refractivity contribution is 9.10. The van der Waals surface area contributed by atoms with Gasteiger partial charge < -0.3 is 10.4 Å². The number of aromatic nitrogens is 1. The predicted octanol–water partition coefficient (Wildman–Crippen LogP) is 5.61. The first-order valence-electron chi connectivity index (χ1n) is 8.82. The molecule has 0 aliphatic heterocycles. The van der Waals surface area contributed by atoms with E-state index in [0.29, 0.717) is 22.5 Å². The summed E-state index contributed by atoms with van der Waals surface area (Å²) in [6.07, 6.45) is 0. The molecule has 1 heterocycles. The van der Waals surface area contributed by atoms with Crippen molar-refractivity contribution in [1.29, 1.82) is 0 Å². The topological polar surface area (TPSA) is 79.3 Å². The molecule has 5 nitrogen and oxygen atoms in total. The number of para-hydroxylation sites is 1. The quantitative estimate of drug-likeness (QED) is 0.426. The SMILES string of the molecule is O=C(O)c1cccc(NC(=O)c2cc(-c3ccc(Br)cc3)nc3ccccc23)c1. The van der Waals surface area contributed by atoms with E-state index in [4.69, 9.17) is 5.11 Å². The molecule has 4 rings (SSSR count). The number of carboxylic acid groups (broad SMARTS) is 1. The highest BCUT2D eigenvalue weighted by atomic mass is 79.9. The van der Waals surface area contributed by atoms with Crippen LogP contribution in [0.4, 0.5) is 5.69 Å². The second-order valence-electron chi connectivity index (χ2n) is 6.42. The number of carbonyl (C=O) groups is 2. The molecule has 0 bridgehead atoms. The number of amides is 1. The van der Waals surface area contributed by atoms with Crippen LogP contribution in [0.2, 0.25) is 0 Å². The van der Waals surface area contributed by atoms with Crippen LogP contribution in [0.15, 0.2) is 83.3 Å². The third-order valence-corrected chi connectivity index (χ3v) is 5.00. The fourth-order valence-corrected chi connectivity index (χ4v) is 3.32. The zero-order chi connectivity index (χ0) is 20.4. The molecule has 0 spiro atoms. The lowest BCUT2D eigenvalue weighted by atomic mass is 10.0. The maximum Gasteiger partial charge on any atom is 0.335 e. The molecular formula is C23H15BrN2O3. The number of fused-ring (bicyclic) bond motifs is 1. The van der Waals surface area contributed by atoms with Crippen LogP contribution in [0.3, 0.4) is 0 Å². The highest BCUT2D eigenvalue weighted by Gasteiger charge is 2.15. The van der Waals surface area contributed by atoms with Gasteiger partial charge in [0, 0.05) is 21.1 Å². The summed E-state index contributed by atoms with van der Waals surface area (Å²) in [6, 6.07) is 23.0.